The number of hydrogen-bond acceptors (Lipinski definition) is 7. The van der Waals surface area contributed by atoms with Crippen molar-refractivity contribution in [3.63, 3.8) is 0 Å². The van der Waals surface area contributed by atoms with E-state index in [0.29, 0.717) is 10.8 Å². The summed E-state index contributed by atoms with van der Waals surface area (Å²) in [5.41, 5.74) is 0.595. The number of para-hydroxylation sites is 1. The standard InChI is InChI=1S/C20H19ClN4O3S3/c1-3-12-25(15-8-6-5-7-9-15)31(27,28)17-13-14(10-11-16(17)21)18(26)22-19-23-24-20(30-19)29-4-2/h3,5-11,13H,1,4,12H2,2H3,(H,22,23,26). The summed E-state index contributed by atoms with van der Waals surface area (Å²) in [5.74, 6) is 0.330. The number of amides is 1. The van der Waals surface area contributed by atoms with Crippen LogP contribution in [0.25, 0.3) is 0 Å². The molecule has 0 fully saturated rings. The quantitative estimate of drug-likeness (QED) is 0.257. The van der Waals surface area contributed by atoms with Gasteiger partial charge in [0, 0.05) is 5.56 Å². The van der Waals surface area contributed by atoms with Crippen LogP contribution in [0, 0.1) is 0 Å². The zero-order valence-electron chi connectivity index (χ0n) is 16.5. The maximum Gasteiger partial charge on any atom is 0.266 e. The Kier molecular flexibility index (Phi) is 7.71. The fourth-order valence-electron chi connectivity index (χ4n) is 2.63. The van der Waals surface area contributed by atoms with Crippen molar-refractivity contribution < 1.29 is 13.2 Å². The molecular weight excluding hydrogens is 476 g/mol. The minimum atomic E-state index is -4.06. The van der Waals surface area contributed by atoms with Gasteiger partial charge in [0.2, 0.25) is 5.13 Å². The number of carbonyl (C=O) groups excluding carboxylic acids is 1. The van der Waals surface area contributed by atoms with Gasteiger partial charge in [-0.05, 0) is 36.1 Å². The molecule has 0 aliphatic rings. The molecule has 0 unspecified atom stereocenters. The number of hydrogen-bond donors (Lipinski definition) is 1. The normalized spacial score (nSPS) is 11.2. The molecule has 1 amide bonds. The van der Waals surface area contributed by atoms with E-state index in [0.717, 1.165) is 10.1 Å². The smallest absolute Gasteiger partial charge is 0.266 e. The van der Waals surface area contributed by atoms with Gasteiger partial charge in [0.25, 0.3) is 15.9 Å². The number of benzene rings is 2. The molecule has 0 atom stereocenters. The molecule has 0 spiro atoms. The van der Waals surface area contributed by atoms with E-state index in [1.807, 2.05) is 6.92 Å². The van der Waals surface area contributed by atoms with Crippen LogP contribution >= 0.6 is 34.7 Å². The van der Waals surface area contributed by atoms with Crippen molar-refractivity contribution in [3.8, 4) is 0 Å². The van der Waals surface area contributed by atoms with Crippen molar-refractivity contribution in [2.45, 2.75) is 16.2 Å². The predicted octanol–water partition coefficient (Wildman–Crippen LogP) is 4.94. The number of nitrogens with one attached hydrogen (secondary N) is 1. The molecule has 0 saturated heterocycles. The molecule has 2 aromatic carbocycles. The summed E-state index contributed by atoms with van der Waals surface area (Å²) in [5, 5.41) is 10.9. The molecule has 0 bridgehead atoms. The molecule has 3 aromatic rings. The molecule has 0 saturated carbocycles. The lowest BCUT2D eigenvalue weighted by Gasteiger charge is -2.24. The fourth-order valence-corrected chi connectivity index (χ4v) is 6.21. The van der Waals surface area contributed by atoms with Crippen LogP contribution in [-0.2, 0) is 10.0 Å². The second kappa shape index (κ2) is 10.3. The van der Waals surface area contributed by atoms with E-state index in [1.165, 1.54) is 51.7 Å². The van der Waals surface area contributed by atoms with Gasteiger partial charge in [-0.3, -0.25) is 14.4 Å². The van der Waals surface area contributed by atoms with Gasteiger partial charge in [0.05, 0.1) is 17.3 Å². The van der Waals surface area contributed by atoms with E-state index < -0.39 is 15.9 Å². The first kappa shape index (κ1) is 23.3. The fraction of sp³-hybridized carbons (Fsp3) is 0.150. The number of carbonyl (C=O) groups is 1. The Labute approximate surface area is 194 Å². The number of anilines is 2. The highest BCUT2D eigenvalue weighted by Gasteiger charge is 2.27. The van der Waals surface area contributed by atoms with Crippen molar-refractivity contribution in [1.82, 2.24) is 10.2 Å². The van der Waals surface area contributed by atoms with Gasteiger partial charge in [-0.1, -0.05) is 65.9 Å². The van der Waals surface area contributed by atoms with Crippen LogP contribution in [-0.4, -0.2) is 36.8 Å². The molecule has 11 heteroatoms. The molecule has 1 aromatic heterocycles. The number of rotatable bonds is 9. The summed E-state index contributed by atoms with van der Waals surface area (Å²) >= 11 is 8.99. The molecule has 162 valence electrons. The van der Waals surface area contributed by atoms with E-state index in [-0.39, 0.29) is 22.0 Å². The Balaban J connectivity index is 1.93. The first-order chi connectivity index (χ1) is 14.9. The maximum atomic E-state index is 13.4. The van der Waals surface area contributed by atoms with Gasteiger partial charge >= 0.3 is 0 Å². The molecule has 31 heavy (non-hydrogen) atoms. The van der Waals surface area contributed by atoms with Crippen molar-refractivity contribution in [3.05, 3.63) is 71.8 Å². The van der Waals surface area contributed by atoms with E-state index in [9.17, 15) is 13.2 Å². The van der Waals surface area contributed by atoms with Gasteiger partial charge in [-0.2, -0.15) is 0 Å². The average Bonchev–Trinajstić information content (AvgIpc) is 3.19. The third-order valence-electron chi connectivity index (χ3n) is 4.00. The maximum absolute atomic E-state index is 13.4. The van der Waals surface area contributed by atoms with Gasteiger partial charge in [-0.15, -0.1) is 16.8 Å². The van der Waals surface area contributed by atoms with Crippen LogP contribution in [0.4, 0.5) is 10.8 Å². The summed E-state index contributed by atoms with van der Waals surface area (Å²) in [4.78, 5) is 12.5. The minimum Gasteiger partial charge on any atom is -0.296 e. The van der Waals surface area contributed by atoms with Crippen LogP contribution in [0.3, 0.4) is 0 Å². The molecule has 7 nitrogen and oxygen atoms in total. The molecule has 0 aliphatic heterocycles. The Morgan fingerprint density at radius 1 is 1.26 bits per heavy atom. The predicted molar refractivity (Wildman–Crippen MR) is 127 cm³/mol. The molecule has 0 aliphatic carbocycles. The average molecular weight is 495 g/mol. The van der Waals surface area contributed by atoms with E-state index in [2.05, 4.69) is 22.1 Å². The Hall–Kier alpha value is -2.40. The van der Waals surface area contributed by atoms with E-state index in [1.54, 1.807) is 30.3 Å². The highest BCUT2D eigenvalue weighted by molar-refractivity contribution is 8.01. The third-order valence-corrected chi connectivity index (χ3v) is 8.12. The Morgan fingerprint density at radius 3 is 2.68 bits per heavy atom. The van der Waals surface area contributed by atoms with Crippen LogP contribution in [0.1, 0.15) is 17.3 Å². The summed E-state index contributed by atoms with van der Waals surface area (Å²) in [6, 6.07) is 12.7. The number of nitrogens with zero attached hydrogens (tertiary/aromatic N) is 3. The summed E-state index contributed by atoms with van der Waals surface area (Å²) in [6.07, 6.45) is 1.48. The van der Waals surface area contributed by atoms with Crippen molar-refractivity contribution in [1.29, 1.82) is 0 Å². The van der Waals surface area contributed by atoms with Crippen LogP contribution in [0.5, 0.6) is 0 Å². The second-order valence-corrected chi connectivity index (χ2v) is 10.8. The Morgan fingerprint density at radius 2 is 2.00 bits per heavy atom. The topological polar surface area (TPSA) is 92.3 Å². The Bertz CT molecular complexity index is 1180. The van der Waals surface area contributed by atoms with Gasteiger partial charge < -0.3 is 0 Å². The van der Waals surface area contributed by atoms with Crippen molar-refractivity contribution >= 4 is 61.4 Å². The van der Waals surface area contributed by atoms with Crippen LogP contribution in [0.15, 0.2) is 70.4 Å². The minimum absolute atomic E-state index is 0.0130. The first-order valence-electron chi connectivity index (χ1n) is 9.12. The summed E-state index contributed by atoms with van der Waals surface area (Å²) in [6.45, 7) is 5.68. The van der Waals surface area contributed by atoms with E-state index in [4.69, 9.17) is 11.6 Å². The molecular formula is C20H19ClN4O3S3. The van der Waals surface area contributed by atoms with E-state index >= 15 is 0 Å². The molecule has 0 radical (unpaired) electrons. The highest BCUT2D eigenvalue weighted by Crippen LogP contribution is 2.30. The van der Waals surface area contributed by atoms with Crippen LogP contribution in [0.2, 0.25) is 5.02 Å². The number of sulfonamides is 1. The lowest BCUT2D eigenvalue weighted by atomic mass is 10.2. The lowest BCUT2D eigenvalue weighted by Crippen LogP contribution is -2.31. The highest BCUT2D eigenvalue weighted by atomic mass is 35.5. The lowest BCUT2D eigenvalue weighted by molar-refractivity contribution is 0.102. The molecule has 1 N–H and O–H groups in total. The zero-order chi connectivity index (χ0) is 22.4. The van der Waals surface area contributed by atoms with Gasteiger partial charge in [0.1, 0.15) is 4.90 Å². The molecule has 1 heterocycles. The van der Waals surface area contributed by atoms with Crippen LogP contribution < -0.4 is 9.62 Å². The number of halogens is 1. The van der Waals surface area contributed by atoms with Gasteiger partial charge in [0.15, 0.2) is 4.34 Å². The van der Waals surface area contributed by atoms with Crippen molar-refractivity contribution in [2.24, 2.45) is 0 Å². The SMILES string of the molecule is C=CCN(c1ccccc1)S(=O)(=O)c1cc(C(=O)Nc2nnc(SCC)s2)ccc1Cl. The monoisotopic (exact) mass is 494 g/mol. The second-order valence-electron chi connectivity index (χ2n) is 6.07. The third kappa shape index (κ3) is 5.45. The zero-order valence-corrected chi connectivity index (χ0v) is 19.7. The first-order valence-corrected chi connectivity index (χ1v) is 12.7. The summed E-state index contributed by atoms with van der Waals surface area (Å²) in [7, 11) is -4.06. The van der Waals surface area contributed by atoms with Crippen molar-refractivity contribution in [2.75, 3.05) is 21.9 Å². The number of aromatic nitrogens is 2. The largest absolute Gasteiger partial charge is 0.296 e. The summed E-state index contributed by atoms with van der Waals surface area (Å²) < 4.78 is 28.7. The molecule has 3 rings (SSSR count). The number of thioether (sulfide) groups is 1. The van der Waals surface area contributed by atoms with Gasteiger partial charge in [-0.25, -0.2) is 8.42 Å².